The second-order valence-corrected chi connectivity index (χ2v) is 7.19. The van der Waals surface area contributed by atoms with Crippen LogP contribution in [0.5, 0.6) is 0 Å². The van der Waals surface area contributed by atoms with E-state index >= 15 is 0 Å². The van der Waals surface area contributed by atoms with E-state index in [2.05, 4.69) is 5.32 Å². The maximum atomic E-state index is 12.9. The van der Waals surface area contributed by atoms with E-state index in [9.17, 15) is 9.59 Å². The SMILES string of the molecule is CC(C)(C)OCCN1CCC(=O)NC2(CCCCC2)C1=O. The van der Waals surface area contributed by atoms with Gasteiger partial charge < -0.3 is 15.0 Å². The van der Waals surface area contributed by atoms with Crippen molar-refractivity contribution in [3.05, 3.63) is 0 Å². The number of nitrogens with one attached hydrogen (secondary N) is 1. The third-order valence-electron chi connectivity index (χ3n) is 4.29. The Hall–Kier alpha value is -1.10. The molecule has 21 heavy (non-hydrogen) atoms. The van der Waals surface area contributed by atoms with Crippen molar-refractivity contribution in [3.8, 4) is 0 Å². The van der Waals surface area contributed by atoms with Crippen LogP contribution < -0.4 is 5.32 Å². The molecule has 1 saturated heterocycles. The number of amides is 2. The molecule has 0 unspecified atom stereocenters. The highest BCUT2D eigenvalue weighted by Crippen LogP contribution is 2.31. The molecule has 1 heterocycles. The summed E-state index contributed by atoms with van der Waals surface area (Å²) in [6, 6.07) is 0. The highest BCUT2D eigenvalue weighted by molar-refractivity contribution is 5.93. The van der Waals surface area contributed by atoms with E-state index in [1.54, 1.807) is 0 Å². The Morgan fingerprint density at radius 1 is 1.19 bits per heavy atom. The molecule has 1 N–H and O–H groups in total. The Kier molecular flexibility index (Phi) is 4.91. The van der Waals surface area contributed by atoms with Crippen LogP contribution in [0.25, 0.3) is 0 Å². The van der Waals surface area contributed by atoms with Gasteiger partial charge >= 0.3 is 0 Å². The molecule has 2 fully saturated rings. The van der Waals surface area contributed by atoms with Crippen molar-refractivity contribution in [2.75, 3.05) is 19.7 Å². The van der Waals surface area contributed by atoms with Gasteiger partial charge in [-0.05, 0) is 33.6 Å². The van der Waals surface area contributed by atoms with E-state index in [0.717, 1.165) is 32.1 Å². The van der Waals surface area contributed by atoms with Crippen molar-refractivity contribution in [2.24, 2.45) is 0 Å². The summed E-state index contributed by atoms with van der Waals surface area (Å²) in [7, 11) is 0. The molecule has 0 aromatic carbocycles. The zero-order valence-electron chi connectivity index (χ0n) is 13.5. The van der Waals surface area contributed by atoms with Gasteiger partial charge in [-0.25, -0.2) is 0 Å². The lowest BCUT2D eigenvalue weighted by Gasteiger charge is -2.38. The molecule has 0 radical (unpaired) electrons. The van der Waals surface area contributed by atoms with Crippen molar-refractivity contribution in [2.45, 2.75) is 70.4 Å². The molecule has 120 valence electrons. The Labute approximate surface area is 127 Å². The zero-order chi connectivity index (χ0) is 15.5. The smallest absolute Gasteiger partial charge is 0.248 e. The van der Waals surface area contributed by atoms with Crippen LogP contribution >= 0.6 is 0 Å². The number of carbonyl (C=O) groups excluding carboxylic acids is 2. The lowest BCUT2D eigenvalue weighted by atomic mass is 9.80. The fourth-order valence-corrected chi connectivity index (χ4v) is 3.19. The highest BCUT2D eigenvalue weighted by Gasteiger charge is 2.44. The third kappa shape index (κ3) is 4.19. The van der Waals surface area contributed by atoms with E-state index < -0.39 is 5.54 Å². The quantitative estimate of drug-likeness (QED) is 0.864. The minimum absolute atomic E-state index is 0.00416. The molecule has 1 aliphatic carbocycles. The average molecular weight is 296 g/mol. The number of hydrogen-bond acceptors (Lipinski definition) is 3. The summed E-state index contributed by atoms with van der Waals surface area (Å²) in [5, 5.41) is 3.01. The molecule has 2 rings (SSSR count). The Morgan fingerprint density at radius 2 is 1.86 bits per heavy atom. The van der Waals surface area contributed by atoms with Crippen LogP contribution in [0.2, 0.25) is 0 Å². The van der Waals surface area contributed by atoms with Crippen LogP contribution in [0.1, 0.15) is 59.3 Å². The fourth-order valence-electron chi connectivity index (χ4n) is 3.19. The van der Waals surface area contributed by atoms with E-state index in [0.29, 0.717) is 26.1 Å². The second kappa shape index (κ2) is 6.34. The van der Waals surface area contributed by atoms with Crippen molar-refractivity contribution in [1.29, 1.82) is 0 Å². The topological polar surface area (TPSA) is 58.6 Å². The minimum Gasteiger partial charge on any atom is -0.374 e. The normalized spacial score (nSPS) is 23.1. The van der Waals surface area contributed by atoms with Crippen molar-refractivity contribution < 1.29 is 14.3 Å². The largest absolute Gasteiger partial charge is 0.374 e. The van der Waals surface area contributed by atoms with Crippen LogP contribution in [-0.4, -0.2) is 47.6 Å². The van der Waals surface area contributed by atoms with Gasteiger partial charge in [-0.1, -0.05) is 19.3 Å². The summed E-state index contributed by atoms with van der Waals surface area (Å²) in [6.45, 7) is 7.59. The van der Waals surface area contributed by atoms with E-state index in [1.165, 1.54) is 0 Å². The molecule has 0 atom stereocenters. The summed E-state index contributed by atoms with van der Waals surface area (Å²) >= 11 is 0. The molecule has 5 nitrogen and oxygen atoms in total. The molecule has 2 aliphatic rings. The lowest BCUT2D eigenvalue weighted by molar-refractivity contribution is -0.141. The summed E-state index contributed by atoms with van der Waals surface area (Å²) in [5.41, 5.74) is -0.848. The van der Waals surface area contributed by atoms with Crippen molar-refractivity contribution in [3.63, 3.8) is 0 Å². The van der Waals surface area contributed by atoms with Crippen LogP contribution in [0.3, 0.4) is 0 Å². The number of nitrogens with zero attached hydrogens (tertiary/aromatic N) is 1. The van der Waals surface area contributed by atoms with Crippen molar-refractivity contribution >= 4 is 11.8 Å². The summed E-state index contributed by atoms with van der Waals surface area (Å²) in [6.07, 6.45) is 5.11. The summed E-state index contributed by atoms with van der Waals surface area (Å²) in [4.78, 5) is 26.7. The van der Waals surface area contributed by atoms with Gasteiger partial charge in [0.25, 0.3) is 0 Å². The monoisotopic (exact) mass is 296 g/mol. The third-order valence-corrected chi connectivity index (χ3v) is 4.29. The highest BCUT2D eigenvalue weighted by atomic mass is 16.5. The second-order valence-electron chi connectivity index (χ2n) is 7.19. The molecule has 0 bridgehead atoms. The molecule has 1 saturated carbocycles. The Bertz CT molecular complexity index is 395. The number of rotatable bonds is 3. The molecule has 2 amide bonds. The van der Waals surface area contributed by atoms with Gasteiger partial charge in [-0.15, -0.1) is 0 Å². The van der Waals surface area contributed by atoms with E-state index in [-0.39, 0.29) is 17.4 Å². The van der Waals surface area contributed by atoms with Crippen LogP contribution in [0, 0.1) is 0 Å². The minimum atomic E-state index is -0.645. The maximum absolute atomic E-state index is 12.9. The zero-order valence-corrected chi connectivity index (χ0v) is 13.5. The predicted octanol–water partition coefficient (Wildman–Crippen LogP) is 1.85. The number of carbonyl (C=O) groups is 2. The molecule has 0 aromatic rings. The van der Waals surface area contributed by atoms with Crippen LogP contribution in [0.15, 0.2) is 0 Å². The maximum Gasteiger partial charge on any atom is 0.248 e. The molecule has 1 spiro atoms. The number of hydrogen-bond donors (Lipinski definition) is 1. The summed E-state index contributed by atoms with van der Waals surface area (Å²) < 4.78 is 5.72. The molecular formula is C16H28N2O3. The first-order valence-corrected chi connectivity index (χ1v) is 8.07. The summed E-state index contributed by atoms with van der Waals surface area (Å²) in [5.74, 6) is 0.0926. The van der Waals surface area contributed by atoms with Gasteiger partial charge in [0.2, 0.25) is 11.8 Å². The molecule has 1 aliphatic heterocycles. The van der Waals surface area contributed by atoms with Gasteiger partial charge in [0.05, 0.1) is 12.2 Å². The lowest BCUT2D eigenvalue weighted by Crippen LogP contribution is -2.58. The molecule has 0 aromatic heterocycles. The van der Waals surface area contributed by atoms with E-state index in [4.69, 9.17) is 4.74 Å². The first-order valence-electron chi connectivity index (χ1n) is 8.07. The molecule has 5 heteroatoms. The fraction of sp³-hybridized carbons (Fsp3) is 0.875. The first kappa shape index (κ1) is 16.3. The van der Waals surface area contributed by atoms with Gasteiger partial charge in [0, 0.05) is 19.5 Å². The predicted molar refractivity (Wildman–Crippen MR) is 80.9 cm³/mol. The molecular weight excluding hydrogens is 268 g/mol. The van der Waals surface area contributed by atoms with Gasteiger partial charge in [-0.3, -0.25) is 9.59 Å². The number of ether oxygens (including phenoxy) is 1. The first-order chi connectivity index (χ1) is 9.82. The van der Waals surface area contributed by atoms with Crippen LogP contribution in [-0.2, 0) is 14.3 Å². The standard InChI is InChI=1S/C16H28N2O3/c1-15(2,3)21-12-11-18-10-7-13(19)17-16(14(18)20)8-5-4-6-9-16/h4-12H2,1-3H3,(H,17,19). The van der Waals surface area contributed by atoms with Gasteiger partial charge in [0.1, 0.15) is 5.54 Å². The van der Waals surface area contributed by atoms with Gasteiger partial charge in [0.15, 0.2) is 0 Å². The van der Waals surface area contributed by atoms with Gasteiger partial charge in [-0.2, -0.15) is 0 Å². The van der Waals surface area contributed by atoms with Crippen LogP contribution in [0.4, 0.5) is 0 Å². The van der Waals surface area contributed by atoms with E-state index in [1.807, 2.05) is 25.7 Å². The Morgan fingerprint density at radius 3 is 2.48 bits per heavy atom. The average Bonchev–Trinajstić information content (AvgIpc) is 2.50. The van der Waals surface area contributed by atoms with Crippen molar-refractivity contribution in [1.82, 2.24) is 10.2 Å². The Balaban J connectivity index is 2.03.